The van der Waals surface area contributed by atoms with Crippen LogP contribution in [0.4, 0.5) is 5.69 Å². The van der Waals surface area contributed by atoms with Gasteiger partial charge in [0.1, 0.15) is 24.8 Å². The molecule has 2 rings (SSSR count). The molecule has 18 heteroatoms. The molecule has 0 bridgehead atoms. The van der Waals surface area contributed by atoms with Crippen LogP contribution in [0.2, 0.25) is 0 Å². The molecule has 2 atom stereocenters. The highest BCUT2D eigenvalue weighted by atomic mass is 35.5. The highest BCUT2D eigenvalue weighted by Gasteiger charge is 2.58. The van der Waals surface area contributed by atoms with Crippen LogP contribution in [-0.4, -0.2) is 103 Å². The van der Waals surface area contributed by atoms with E-state index in [2.05, 4.69) is 5.32 Å². The second-order valence-corrected chi connectivity index (χ2v) is 15.0. The van der Waals surface area contributed by atoms with Gasteiger partial charge in [-0.2, -0.15) is 0 Å². The topological polar surface area (TPSA) is 228 Å². The first-order valence-electron chi connectivity index (χ1n) is 13.3. The number of aliphatic hydroxyl groups is 1. The lowest BCUT2D eigenvalue weighted by Crippen LogP contribution is -2.52. The van der Waals surface area contributed by atoms with Crippen molar-refractivity contribution in [3.63, 3.8) is 0 Å². The van der Waals surface area contributed by atoms with Crippen LogP contribution in [0.3, 0.4) is 0 Å². The first-order chi connectivity index (χ1) is 19.6. The minimum atomic E-state index is -5.54. The number of nitrogens with zero attached hydrogens (tertiary/aromatic N) is 2. The summed E-state index contributed by atoms with van der Waals surface area (Å²) in [5.74, 6) is -0.345. The van der Waals surface area contributed by atoms with Crippen molar-refractivity contribution in [2.24, 2.45) is 5.73 Å². The Morgan fingerprint density at radius 2 is 1.67 bits per heavy atom. The minimum Gasteiger partial charge on any atom is -0.368 e. The number of likely N-dealkylation sites (tertiary alicyclic amines) is 1. The number of nitrogens with two attached hydrogens (primary N) is 1. The quantitative estimate of drug-likeness (QED) is 0.0401. The molecule has 238 valence electrons. The van der Waals surface area contributed by atoms with E-state index in [1.807, 2.05) is 0 Å². The van der Waals surface area contributed by atoms with Crippen LogP contribution >= 0.6 is 38.4 Å². The number of amides is 3. The molecule has 1 fully saturated rings. The van der Waals surface area contributed by atoms with Gasteiger partial charge in [0.05, 0.1) is 17.8 Å². The minimum absolute atomic E-state index is 0.0115. The second-order valence-electron chi connectivity index (χ2n) is 10.2. The summed E-state index contributed by atoms with van der Waals surface area (Å²) in [7, 11) is -11.1. The fraction of sp³-hybridized carbons (Fsp3) is 0.625. The molecule has 0 unspecified atom stereocenters. The Labute approximate surface area is 254 Å². The molecular formula is C24H39Cl2N4O10P2+. The van der Waals surface area contributed by atoms with E-state index < -0.39 is 50.6 Å². The van der Waals surface area contributed by atoms with Crippen LogP contribution in [0.1, 0.15) is 37.7 Å². The maximum absolute atomic E-state index is 13.1. The highest BCUT2D eigenvalue weighted by Crippen LogP contribution is 2.69. The average molecular weight is 676 g/mol. The number of carbonyl (C=O) groups excluding carboxylic acids is 3. The third-order valence-corrected chi connectivity index (χ3v) is 11.6. The number of halogens is 2. The summed E-state index contributed by atoms with van der Waals surface area (Å²) < 4.78 is 22.9. The van der Waals surface area contributed by atoms with E-state index in [0.717, 1.165) is 12.0 Å². The summed E-state index contributed by atoms with van der Waals surface area (Å²) in [6.45, 7) is 1.06. The number of hydrogen-bond acceptors (Lipinski definition) is 7. The molecule has 14 nitrogen and oxygen atoms in total. The lowest BCUT2D eigenvalue weighted by Gasteiger charge is -2.30. The van der Waals surface area contributed by atoms with Crippen LogP contribution in [0.25, 0.3) is 0 Å². The summed E-state index contributed by atoms with van der Waals surface area (Å²) in [6, 6.07) is 5.38. The largest absolute Gasteiger partial charge is 0.369 e. The number of rotatable bonds is 17. The van der Waals surface area contributed by atoms with E-state index in [0.29, 0.717) is 38.2 Å². The molecule has 0 saturated carbocycles. The van der Waals surface area contributed by atoms with E-state index in [4.69, 9.17) is 28.9 Å². The maximum Gasteiger partial charge on any atom is 0.369 e. The van der Waals surface area contributed by atoms with E-state index in [1.165, 1.54) is 4.90 Å². The zero-order valence-corrected chi connectivity index (χ0v) is 26.2. The first kappa shape index (κ1) is 36.8. The zero-order valence-electron chi connectivity index (χ0n) is 22.9. The molecule has 8 N–H and O–H groups in total. The van der Waals surface area contributed by atoms with E-state index >= 15 is 0 Å². The Hall–Kier alpha value is -1.41. The summed E-state index contributed by atoms with van der Waals surface area (Å²) in [5.41, 5.74) is 7.68. The van der Waals surface area contributed by atoms with Gasteiger partial charge < -0.3 is 40.6 Å². The van der Waals surface area contributed by atoms with Crippen molar-refractivity contribution in [3.05, 3.63) is 29.8 Å². The average Bonchev–Trinajstić information content (AvgIpc) is 3.41. The standard InChI is InChI=1S/C24H38Cl2N4O10P2/c25-10-14-30(17-31,15-11-26)19-7-5-18(6-8-19)16-20(27)23(33)29-13-3-4-21(29)22(32)28-12-2-1-9-24(34,41(35,36)37)42(38,39)40/h5-8,17,20-21,34H,1-4,9-16,27H2,(H4-,28,32,35,36,37,38,39,40)/p+1/t20-,21-/m0/s1. The molecule has 0 aliphatic carbocycles. The molecule has 1 aromatic rings. The zero-order chi connectivity index (χ0) is 31.8. The van der Waals surface area contributed by atoms with Crippen LogP contribution in [0, 0.1) is 0 Å². The fourth-order valence-corrected chi connectivity index (χ4v) is 7.76. The third-order valence-electron chi connectivity index (χ3n) is 7.40. The molecule has 1 aliphatic rings. The fourth-order valence-electron chi connectivity index (χ4n) is 4.90. The summed E-state index contributed by atoms with van der Waals surface area (Å²) in [5, 5.41) is 9.05. The number of carbonyl (C=O) groups is 3. The molecule has 3 amide bonds. The van der Waals surface area contributed by atoms with Gasteiger partial charge in [0, 0.05) is 13.1 Å². The van der Waals surface area contributed by atoms with Gasteiger partial charge in [-0.3, -0.25) is 18.7 Å². The van der Waals surface area contributed by atoms with Gasteiger partial charge in [0.15, 0.2) is 0 Å². The molecule has 0 radical (unpaired) electrons. The van der Waals surface area contributed by atoms with Crippen molar-refractivity contribution >= 4 is 62.3 Å². The summed E-state index contributed by atoms with van der Waals surface area (Å²) >= 11 is 11.8. The molecular weight excluding hydrogens is 637 g/mol. The molecule has 1 aliphatic heterocycles. The van der Waals surface area contributed by atoms with Gasteiger partial charge >= 0.3 is 21.6 Å². The Bertz CT molecular complexity index is 1150. The van der Waals surface area contributed by atoms with Crippen molar-refractivity contribution in [1.82, 2.24) is 14.7 Å². The number of alkyl halides is 2. The van der Waals surface area contributed by atoms with Crippen LogP contribution in [0.5, 0.6) is 0 Å². The van der Waals surface area contributed by atoms with Gasteiger partial charge in [-0.1, -0.05) is 12.1 Å². The lowest BCUT2D eigenvalue weighted by molar-refractivity contribution is -0.139. The second kappa shape index (κ2) is 15.5. The molecule has 1 heterocycles. The Morgan fingerprint density at radius 3 is 2.17 bits per heavy atom. The van der Waals surface area contributed by atoms with Crippen LogP contribution < -0.4 is 15.5 Å². The monoisotopic (exact) mass is 675 g/mol. The van der Waals surface area contributed by atoms with Crippen molar-refractivity contribution in [2.45, 2.75) is 55.7 Å². The van der Waals surface area contributed by atoms with Gasteiger partial charge in [-0.05, 0) is 56.2 Å². The first-order valence-corrected chi connectivity index (χ1v) is 17.6. The molecule has 0 aromatic heterocycles. The van der Waals surface area contributed by atoms with Gasteiger partial charge in [-0.15, -0.1) is 23.2 Å². The summed E-state index contributed by atoms with van der Waals surface area (Å²) in [4.78, 5) is 76.0. The SMILES string of the molecule is N[C@@H](Cc1ccc([N+](C=O)(CCCl)CCCl)cc1)C(=O)N1CCC[C@H]1C(=O)NCCCCC(O)(P(=O)(O)O)P(=O)(O)O. The Balaban J connectivity index is 1.94. The number of hydrogen-bond donors (Lipinski definition) is 7. The number of quaternary nitrogens is 1. The smallest absolute Gasteiger partial charge is 0.368 e. The number of unbranched alkanes of at least 4 members (excludes halogenated alkanes) is 1. The predicted molar refractivity (Wildman–Crippen MR) is 158 cm³/mol. The van der Waals surface area contributed by atoms with Gasteiger partial charge in [0.25, 0.3) is 5.08 Å². The van der Waals surface area contributed by atoms with Crippen molar-refractivity contribution in [1.29, 1.82) is 0 Å². The van der Waals surface area contributed by atoms with E-state index in [9.17, 15) is 48.2 Å². The highest BCUT2D eigenvalue weighted by molar-refractivity contribution is 7.72. The normalized spacial score (nSPS) is 17.2. The lowest BCUT2D eigenvalue weighted by atomic mass is 10.0. The van der Waals surface area contributed by atoms with Gasteiger partial charge in [0.2, 0.25) is 11.8 Å². The number of nitrogens with one attached hydrogen (secondary N) is 1. The van der Waals surface area contributed by atoms with Crippen molar-refractivity contribution < 1.29 is 48.2 Å². The third kappa shape index (κ3) is 8.83. The molecule has 42 heavy (non-hydrogen) atoms. The molecule has 1 saturated heterocycles. The predicted octanol–water partition coefficient (Wildman–Crippen LogP) is 0.777. The van der Waals surface area contributed by atoms with Crippen molar-refractivity contribution in [2.75, 3.05) is 37.9 Å². The Morgan fingerprint density at radius 1 is 1.10 bits per heavy atom. The maximum atomic E-state index is 13.1. The van der Waals surface area contributed by atoms with Gasteiger partial charge in [-0.25, -0.2) is 9.28 Å². The molecule has 1 aromatic carbocycles. The molecule has 0 spiro atoms. The van der Waals surface area contributed by atoms with Crippen LogP contribution in [0.15, 0.2) is 24.3 Å². The van der Waals surface area contributed by atoms with Crippen LogP contribution in [-0.2, 0) is 29.9 Å². The number of benzene rings is 1. The summed E-state index contributed by atoms with van der Waals surface area (Å²) in [6.07, 6.45) is 0.961. The Kier molecular flexibility index (Phi) is 13.6. The van der Waals surface area contributed by atoms with E-state index in [1.54, 1.807) is 24.3 Å². The van der Waals surface area contributed by atoms with Crippen molar-refractivity contribution in [3.8, 4) is 0 Å². The van der Waals surface area contributed by atoms with E-state index in [-0.39, 0.29) is 42.1 Å².